The molecule has 1 aromatic rings. The molecule has 2 rings (SSSR count). The van der Waals surface area contributed by atoms with E-state index >= 15 is 0 Å². The number of rotatable bonds is 2. The average molecular weight is 227 g/mol. The fraction of sp³-hybridized carbons (Fsp3) is 0.400. The van der Waals surface area contributed by atoms with E-state index in [0.29, 0.717) is 5.92 Å². The maximum atomic E-state index is 8.99. The molecule has 2 atom stereocenters. The summed E-state index contributed by atoms with van der Waals surface area (Å²) in [7, 11) is 1.68. The van der Waals surface area contributed by atoms with Gasteiger partial charge in [-0.25, -0.2) is 0 Å². The predicted molar refractivity (Wildman–Crippen MR) is 68.5 cm³/mol. The molecule has 0 unspecified atom stereocenters. The summed E-state index contributed by atoms with van der Waals surface area (Å²) >= 11 is 0. The first-order valence-electron chi connectivity index (χ1n) is 5.99. The highest BCUT2D eigenvalue weighted by atomic mass is 16.5. The van der Waals surface area contributed by atoms with Crippen LogP contribution in [0.5, 0.6) is 5.75 Å². The van der Waals surface area contributed by atoms with Crippen molar-refractivity contribution in [3.05, 3.63) is 35.9 Å². The highest BCUT2D eigenvalue weighted by Crippen LogP contribution is 2.33. The minimum Gasteiger partial charge on any atom is -0.497 e. The second kappa shape index (κ2) is 5.05. The molecule has 1 aromatic carbocycles. The molecule has 0 saturated heterocycles. The summed E-state index contributed by atoms with van der Waals surface area (Å²) in [5.74, 6) is 1.41. The van der Waals surface area contributed by atoms with Crippen LogP contribution < -0.4 is 4.74 Å². The summed E-state index contributed by atoms with van der Waals surface area (Å²) in [5.41, 5.74) is 2.60. The van der Waals surface area contributed by atoms with Gasteiger partial charge in [-0.05, 0) is 42.0 Å². The quantitative estimate of drug-likeness (QED) is 0.772. The highest BCUT2D eigenvalue weighted by molar-refractivity contribution is 5.67. The smallest absolute Gasteiger partial charge is 0.118 e. The minimum atomic E-state index is 0.178. The Morgan fingerprint density at radius 3 is 2.53 bits per heavy atom. The predicted octanol–water partition coefficient (Wildman–Crippen LogP) is 3.65. The largest absolute Gasteiger partial charge is 0.497 e. The van der Waals surface area contributed by atoms with Gasteiger partial charge in [-0.3, -0.25) is 0 Å². The lowest BCUT2D eigenvalue weighted by molar-refractivity contribution is 0.414. The zero-order valence-electron chi connectivity index (χ0n) is 10.3. The molecule has 0 fully saturated rings. The van der Waals surface area contributed by atoms with E-state index < -0.39 is 0 Å². The van der Waals surface area contributed by atoms with Crippen LogP contribution in [-0.2, 0) is 0 Å². The minimum absolute atomic E-state index is 0.178. The number of benzene rings is 1. The number of hydrogen-bond donors (Lipinski definition) is 0. The SMILES string of the molecule is COc1ccc(C2=C[C@H](C)[C@H](C#N)CC2)cc1. The molecule has 0 heterocycles. The molecule has 1 aliphatic rings. The summed E-state index contributed by atoms with van der Waals surface area (Å²) < 4.78 is 5.15. The summed E-state index contributed by atoms with van der Waals surface area (Å²) in [6, 6.07) is 10.5. The van der Waals surface area contributed by atoms with Gasteiger partial charge in [0.15, 0.2) is 0 Å². The first-order valence-corrected chi connectivity index (χ1v) is 5.99. The van der Waals surface area contributed by atoms with E-state index in [1.54, 1.807) is 7.11 Å². The molecule has 0 spiro atoms. The van der Waals surface area contributed by atoms with Gasteiger partial charge >= 0.3 is 0 Å². The molecule has 2 heteroatoms. The van der Waals surface area contributed by atoms with Crippen LogP contribution in [0.25, 0.3) is 5.57 Å². The molecule has 0 N–H and O–H groups in total. The second-order valence-corrected chi connectivity index (χ2v) is 4.55. The lowest BCUT2D eigenvalue weighted by Gasteiger charge is -2.22. The Labute approximate surface area is 103 Å². The monoisotopic (exact) mass is 227 g/mol. The Balaban J connectivity index is 2.20. The summed E-state index contributed by atoms with van der Waals surface area (Å²) in [4.78, 5) is 0. The highest BCUT2D eigenvalue weighted by Gasteiger charge is 2.21. The zero-order chi connectivity index (χ0) is 12.3. The van der Waals surface area contributed by atoms with Gasteiger partial charge in [0.2, 0.25) is 0 Å². The van der Waals surface area contributed by atoms with Crippen molar-refractivity contribution in [3.8, 4) is 11.8 Å². The fourth-order valence-corrected chi connectivity index (χ4v) is 2.32. The van der Waals surface area contributed by atoms with Crippen LogP contribution >= 0.6 is 0 Å². The van der Waals surface area contributed by atoms with Gasteiger partial charge in [0, 0.05) is 0 Å². The average Bonchev–Trinajstić information content (AvgIpc) is 2.39. The van der Waals surface area contributed by atoms with Crippen LogP contribution in [-0.4, -0.2) is 7.11 Å². The number of ether oxygens (including phenoxy) is 1. The van der Waals surface area contributed by atoms with Crippen molar-refractivity contribution in [3.63, 3.8) is 0 Å². The Bertz CT molecular complexity index is 453. The third-order valence-corrected chi connectivity index (χ3v) is 3.45. The zero-order valence-corrected chi connectivity index (χ0v) is 10.3. The Morgan fingerprint density at radius 1 is 1.29 bits per heavy atom. The summed E-state index contributed by atoms with van der Waals surface area (Å²) in [6.45, 7) is 2.12. The van der Waals surface area contributed by atoms with Gasteiger partial charge in [0.05, 0.1) is 19.1 Å². The standard InChI is InChI=1S/C15H17NO/c1-11-9-13(3-4-14(11)10-16)12-5-7-15(17-2)8-6-12/h5-9,11,14H,3-4H2,1-2H3/t11-,14-/m0/s1. The van der Waals surface area contributed by atoms with E-state index in [0.717, 1.165) is 18.6 Å². The van der Waals surface area contributed by atoms with Gasteiger partial charge in [-0.2, -0.15) is 5.26 Å². The van der Waals surface area contributed by atoms with E-state index in [1.165, 1.54) is 11.1 Å². The molecule has 88 valence electrons. The summed E-state index contributed by atoms with van der Waals surface area (Å²) in [6.07, 6.45) is 4.20. The Hall–Kier alpha value is -1.75. The van der Waals surface area contributed by atoms with E-state index in [-0.39, 0.29) is 5.92 Å². The van der Waals surface area contributed by atoms with Gasteiger partial charge in [-0.15, -0.1) is 0 Å². The van der Waals surface area contributed by atoms with Crippen LogP contribution in [0.1, 0.15) is 25.3 Å². The van der Waals surface area contributed by atoms with Crippen molar-refractivity contribution in [2.45, 2.75) is 19.8 Å². The van der Waals surface area contributed by atoms with Crippen LogP contribution in [0, 0.1) is 23.2 Å². The molecule has 0 bridgehead atoms. The Kier molecular flexibility index (Phi) is 3.49. The number of hydrogen-bond acceptors (Lipinski definition) is 2. The van der Waals surface area contributed by atoms with Crippen molar-refractivity contribution in [1.82, 2.24) is 0 Å². The molecular formula is C15H17NO. The fourth-order valence-electron chi connectivity index (χ4n) is 2.32. The number of nitriles is 1. The molecule has 1 aliphatic carbocycles. The van der Waals surface area contributed by atoms with E-state index in [9.17, 15) is 0 Å². The van der Waals surface area contributed by atoms with E-state index in [4.69, 9.17) is 10.00 Å². The van der Waals surface area contributed by atoms with Gasteiger partial charge in [0.1, 0.15) is 5.75 Å². The van der Waals surface area contributed by atoms with Crippen molar-refractivity contribution in [2.24, 2.45) is 11.8 Å². The third-order valence-electron chi connectivity index (χ3n) is 3.45. The topological polar surface area (TPSA) is 33.0 Å². The number of nitrogens with zero attached hydrogens (tertiary/aromatic N) is 1. The molecule has 2 nitrogen and oxygen atoms in total. The van der Waals surface area contributed by atoms with Crippen LogP contribution in [0.2, 0.25) is 0 Å². The van der Waals surface area contributed by atoms with Gasteiger partial charge in [-0.1, -0.05) is 25.1 Å². The molecule has 0 saturated carbocycles. The maximum absolute atomic E-state index is 8.99. The molecular weight excluding hydrogens is 210 g/mol. The molecule has 0 amide bonds. The van der Waals surface area contributed by atoms with Crippen molar-refractivity contribution in [2.75, 3.05) is 7.11 Å². The number of methoxy groups -OCH3 is 1. The lowest BCUT2D eigenvalue weighted by atomic mass is 9.81. The Morgan fingerprint density at radius 2 is 2.00 bits per heavy atom. The third kappa shape index (κ3) is 2.50. The van der Waals surface area contributed by atoms with E-state index in [1.807, 2.05) is 12.1 Å². The normalized spacial score (nSPS) is 23.7. The van der Waals surface area contributed by atoms with Gasteiger partial charge < -0.3 is 4.74 Å². The van der Waals surface area contributed by atoms with Crippen LogP contribution in [0.15, 0.2) is 30.3 Å². The molecule has 0 aliphatic heterocycles. The molecule has 0 radical (unpaired) electrons. The maximum Gasteiger partial charge on any atom is 0.118 e. The molecule has 17 heavy (non-hydrogen) atoms. The summed E-state index contributed by atoms with van der Waals surface area (Å²) in [5, 5.41) is 8.99. The van der Waals surface area contributed by atoms with Crippen molar-refractivity contribution in [1.29, 1.82) is 5.26 Å². The van der Waals surface area contributed by atoms with Crippen molar-refractivity contribution >= 4 is 5.57 Å². The molecule has 0 aromatic heterocycles. The second-order valence-electron chi connectivity index (χ2n) is 4.55. The van der Waals surface area contributed by atoms with Crippen molar-refractivity contribution < 1.29 is 4.74 Å². The van der Waals surface area contributed by atoms with Crippen LogP contribution in [0.3, 0.4) is 0 Å². The van der Waals surface area contributed by atoms with Crippen LogP contribution in [0.4, 0.5) is 0 Å². The first-order chi connectivity index (χ1) is 8.24. The van der Waals surface area contributed by atoms with E-state index in [2.05, 4.69) is 31.2 Å². The first kappa shape index (κ1) is 11.7. The van der Waals surface area contributed by atoms with Gasteiger partial charge in [0.25, 0.3) is 0 Å². The number of allylic oxidation sites excluding steroid dienone is 2. The lowest BCUT2D eigenvalue weighted by Crippen LogP contribution is -2.12.